The van der Waals surface area contributed by atoms with Crippen LogP contribution in [0.25, 0.3) is 0 Å². The van der Waals surface area contributed by atoms with Crippen molar-refractivity contribution in [3.05, 3.63) is 29.8 Å². The highest BCUT2D eigenvalue weighted by Crippen LogP contribution is 2.28. The van der Waals surface area contributed by atoms with Gasteiger partial charge in [0, 0.05) is 32.1 Å². The van der Waals surface area contributed by atoms with Gasteiger partial charge in [-0.1, -0.05) is 26.0 Å². The number of rotatable bonds is 8. The molecule has 0 radical (unpaired) electrons. The lowest BCUT2D eigenvalue weighted by molar-refractivity contribution is 0.312. The lowest BCUT2D eigenvalue weighted by Crippen LogP contribution is -2.40. The van der Waals surface area contributed by atoms with Crippen LogP contribution in [0.1, 0.15) is 38.7 Å². The van der Waals surface area contributed by atoms with E-state index in [-0.39, 0.29) is 24.0 Å². The highest BCUT2D eigenvalue weighted by molar-refractivity contribution is 14.0. The van der Waals surface area contributed by atoms with Gasteiger partial charge in [-0.05, 0) is 44.1 Å². The fourth-order valence-electron chi connectivity index (χ4n) is 3.36. The molecule has 2 rings (SSSR count). The van der Waals surface area contributed by atoms with Crippen LogP contribution in [0.15, 0.2) is 29.3 Å². The maximum atomic E-state index is 5.26. The maximum Gasteiger partial charge on any atom is 0.193 e. The van der Waals surface area contributed by atoms with E-state index in [0.29, 0.717) is 5.92 Å². The van der Waals surface area contributed by atoms with E-state index < -0.39 is 0 Å². The Morgan fingerprint density at radius 2 is 1.92 bits per heavy atom. The average molecular weight is 474 g/mol. The SMILES string of the molecule is CCNC(=NCCN(CC)CC)N1CCC(c2ccc(OC)cc2)C1.I. The third-order valence-electron chi connectivity index (χ3n) is 4.98. The van der Waals surface area contributed by atoms with Crippen molar-refractivity contribution in [3.63, 3.8) is 0 Å². The predicted octanol–water partition coefficient (Wildman–Crippen LogP) is 3.41. The quantitative estimate of drug-likeness (QED) is 0.356. The van der Waals surface area contributed by atoms with Crippen LogP contribution in [0, 0.1) is 0 Å². The monoisotopic (exact) mass is 474 g/mol. The van der Waals surface area contributed by atoms with Crippen molar-refractivity contribution in [1.82, 2.24) is 15.1 Å². The summed E-state index contributed by atoms with van der Waals surface area (Å²) in [6.45, 7) is 13.6. The molecule has 0 spiro atoms. The molecule has 6 heteroatoms. The minimum absolute atomic E-state index is 0. The van der Waals surface area contributed by atoms with E-state index in [2.05, 4.69) is 60.2 Å². The molecule has 0 amide bonds. The van der Waals surface area contributed by atoms with Gasteiger partial charge in [0.05, 0.1) is 13.7 Å². The molecule has 1 heterocycles. The summed E-state index contributed by atoms with van der Waals surface area (Å²) in [6, 6.07) is 8.50. The first-order valence-corrected chi connectivity index (χ1v) is 9.61. The van der Waals surface area contributed by atoms with E-state index in [1.807, 2.05) is 0 Å². The fourth-order valence-corrected chi connectivity index (χ4v) is 3.36. The zero-order valence-corrected chi connectivity index (χ0v) is 19.0. The molecule has 1 aliphatic heterocycles. The van der Waals surface area contributed by atoms with E-state index in [1.54, 1.807) is 7.11 Å². The lowest BCUT2D eigenvalue weighted by atomic mass is 9.98. The number of aliphatic imine (C=N–C) groups is 1. The normalized spacial score (nSPS) is 17.3. The van der Waals surface area contributed by atoms with Gasteiger partial charge in [-0.25, -0.2) is 0 Å². The van der Waals surface area contributed by atoms with Crippen LogP contribution >= 0.6 is 24.0 Å². The zero-order valence-electron chi connectivity index (χ0n) is 16.7. The molecule has 1 aromatic rings. The van der Waals surface area contributed by atoms with Crippen LogP contribution in [0.2, 0.25) is 0 Å². The Morgan fingerprint density at radius 3 is 2.50 bits per heavy atom. The van der Waals surface area contributed by atoms with Crippen LogP contribution in [0.4, 0.5) is 0 Å². The van der Waals surface area contributed by atoms with Crippen LogP contribution in [-0.2, 0) is 0 Å². The second-order valence-electron chi connectivity index (χ2n) is 6.47. The first-order valence-electron chi connectivity index (χ1n) is 9.61. The van der Waals surface area contributed by atoms with Gasteiger partial charge in [0.1, 0.15) is 5.75 Å². The van der Waals surface area contributed by atoms with E-state index in [1.165, 1.54) is 12.0 Å². The summed E-state index contributed by atoms with van der Waals surface area (Å²) in [5.74, 6) is 2.55. The van der Waals surface area contributed by atoms with E-state index in [9.17, 15) is 0 Å². The van der Waals surface area contributed by atoms with E-state index in [0.717, 1.165) is 57.5 Å². The van der Waals surface area contributed by atoms with Crippen LogP contribution in [0.3, 0.4) is 0 Å². The van der Waals surface area contributed by atoms with Crippen molar-refractivity contribution in [3.8, 4) is 5.75 Å². The number of methoxy groups -OCH3 is 1. The van der Waals surface area contributed by atoms with Crippen molar-refractivity contribution in [1.29, 1.82) is 0 Å². The van der Waals surface area contributed by atoms with Crippen molar-refractivity contribution in [2.24, 2.45) is 4.99 Å². The van der Waals surface area contributed by atoms with Crippen LogP contribution in [0.5, 0.6) is 5.75 Å². The van der Waals surface area contributed by atoms with Gasteiger partial charge in [0.2, 0.25) is 0 Å². The Labute approximate surface area is 176 Å². The summed E-state index contributed by atoms with van der Waals surface area (Å²) in [5, 5.41) is 3.46. The highest BCUT2D eigenvalue weighted by atomic mass is 127. The Bertz CT molecular complexity index is 531. The highest BCUT2D eigenvalue weighted by Gasteiger charge is 2.26. The molecule has 148 valence electrons. The minimum atomic E-state index is 0. The lowest BCUT2D eigenvalue weighted by Gasteiger charge is -2.23. The van der Waals surface area contributed by atoms with Gasteiger partial charge in [0.15, 0.2) is 5.96 Å². The largest absolute Gasteiger partial charge is 0.497 e. The zero-order chi connectivity index (χ0) is 18.1. The van der Waals surface area contributed by atoms with Gasteiger partial charge < -0.3 is 19.9 Å². The number of ether oxygens (including phenoxy) is 1. The van der Waals surface area contributed by atoms with Gasteiger partial charge in [-0.15, -0.1) is 24.0 Å². The number of halogens is 1. The first kappa shape index (κ1) is 23.0. The second kappa shape index (κ2) is 12.4. The number of benzene rings is 1. The van der Waals surface area contributed by atoms with E-state index in [4.69, 9.17) is 9.73 Å². The van der Waals surface area contributed by atoms with Crippen molar-refractivity contribution in [2.45, 2.75) is 33.1 Å². The second-order valence-corrected chi connectivity index (χ2v) is 6.47. The summed E-state index contributed by atoms with van der Waals surface area (Å²) in [7, 11) is 1.71. The van der Waals surface area contributed by atoms with Gasteiger partial charge in [0.25, 0.3) is 0 Å². The molecule has 1 N–H and O–H groups in total. The molecule has 1 aromatic carbocycles. The number of likely N-dealkylation sites (tertiary alicyclic amines) is 1. The van der Waals surface area contributed by atoms with Crippen molar-refractivity contribution in [2.75, 3.05) is 52.9 Å². The molecule has 1 unspecified atom stereocenters. The molecule has 1 saturated heterocycles. The molecule has 1 atom stereocenters. The van der Waals surface area contributed by atoms with Crippen LogP contribution in [-0.4, -0.2) is 68.7 Å². The number of guanidine groups is 1. The number of nitrogens with zero attached hydrogens (tertiary/aromatic N) is 3. The predicted molar refractivity (Wildman–Crippen MR) is 121 cm³/mol. The number of hydrogen-bond donors (Lipinski definition) is 1. The maximum absolute atomic E-state index is 5.26. The summed E-state index contributed by atoms with van der Waals surface area (Å²) >= 11 is 0. The number of nitrogens with one attached hydrogen (secondary N) is 1. The van der Waals surface area contributed by atoms with Crippen molar-refractivity contribution < 1.29 is 4.74 Å². The van der Waals surface area contributed by atoms with E-state index >= 15 is 0 Å². The number of hydrogen-bond acceptors (Lipinski definition) is 3. The molecular formula is C20H35IN4O. The minimum Gasteiger partial charge on any atom is -0.497 e. The topological polar surface area (TPSA) is 40.1 Å². The number of likely N-dealkylation sites (N-methyl/N-ethyl adjacent to an activating group) is 1. The molecule has 1 fully saturated rings. The average Bonchev–Trinajstić information content (AvgIpc) is 3.14. The van der Waals surface area contributed by atoms with Gasteiger partial charge in [-0.2, -0.15) is 0 Å². The molecule has 26 heavy (non-hydrogen) atoms. The Morgan fingerprint density at radius 1 is 1.23 bits per heavy atom. The van der Waals surface area contributed by atoms with Gasteiger partial charge in [-0.3, -0.25) is 4.99 Å². The van der Waals surface area contributed by atoms with Crippen molar-refractivity contribution >= 4 is 29.9 Å². The Balaban J connectivity index is 0.00000338. The summed E-state index contributed by atoms with van der Waals surface area (Å²) < 4.78 is 5.26. The first-order chi connectivity index (χ1) is 12.2. The molecule has 0 aromatic heterocycles. The molecule has 5 nitrogen and oxygen atoms in total. The fraction of sp³-hybridized carbons (Fsp3) is 0.650. The summed E-state index contributed by atoms with van der Waals surface area (Å²) in [6.07, 6.45) is 1.17. The molecule has 0 bridgehead atoms. The molecule has 1 aliphatic rings. The van der Waals surface area contributed by atoms with Crippen LogP contribution < -0.4 is 10.1 Å². The smallest absolute Gasteiger partial charge is 0.193 e. The van der Waals surface area contributed by atoms with Gasteiger partial charge >= 0.3 is 0 Å². The third kappa shape index (κ3) is 6.61. The third-order valence-corrected chi connectivity index (χ3v) is 4.98. The molecule has 0 saturated carbocycles. The summed E-state index contributed by atoms with van der Waals surface area (Å²) in [5.41, 5.74) is 1.39. The molecule has 0 aliphatic carbocycles. The molecular weight excluding hydrogens is 439 g/mol. The Hall–Kier alpha value is -1.02. The standard InChI is InChI=1S/C20H34N4O.HI/c1-5-21-20(22-13-15-23(6-2)7-3)24-14-12-18(16-24)17-8-10-19(25-4)11-9-17;/h8-11,18H,5-7,12-16H2,1-4H3,(H,21,22);1H. The summed E-state index contributed by atoms with van der Waals surface area (Å²) in [4.78, 5) is 9.67. The Kier molecular flexibility index (Phi) is 11.0.